The number of carbonyl (C=O) groups is 1. The van der Waals surface area contributed by atoms with Gasteiger partial charge >= 0.3 is 0 Å². The highest BCUT2D eigenvalue weighted by atomic mass is 32.2. The first-order chi connectivity index (χ1) is 20.0. The van der Waals surface area contributed by atoms with Crippen LogP contribution in [0.1, 0.15) is 53.7 Å². The molecular formula is C31H37FN2O7S. The minimum absolute atomic E-state index is 0.109. The Balaban J connectivity index is 1.53. The number of benzene rings is 3. The van der Waals surface area contributed by atoms with Gasteiger partial charge in [-0.25, -0.2) is 17.5 Å². The van der Waals surface area contributed by atoms with Crippen molar-refractivity contribution in [2.75, 3.05) is 30.9 Å². The van der Waals surface area contributed by atoms with Gasteiger partial charge in [0.15, 0.2) is 0 Å². The van der Waals surface area contributed by atoms with Gasteiger partial charge in [0.2, 0.25) is 15.9 Å². The van der Waals surface area contributed by atoms with E-state index in [1.807, 2.05) is 24.3 Å². The number of sulfonamides is 1. The maximum absolute atomic E-state index is 13.5. The average molecular weight is 601 g/mol. The van der Waals surface area contributed by atoms with E-state index in [1.54, 1.807) is 29.2 Å². The lowest BCUT2D eigenvalue weighted by atomic mass is 9.77. The summed E-state index contributed by atoms with van der Waals surface area (Å²) < 4.78 is 38.3. The summed E-state index contributed by atoms with van der Waals surface area (Å²) in [5.41, 5.74) is 1.58. The number of hydrogen-bond donors (Lipinski definition) is 5. The summed E-state index contributed by atoms with van der Waals surface area (Å²) in [4.78, 5) is 15.2. The van der Waals surface area contributed by atoms with E-state index in [1.165, 1.54) is 24.3 Å². The summed E-state index contributed by atoms with van der Waals surface area (Å²) >= 11 is 0. The van der Waals surface area contributed by atoms with Crippen LogP contribution in [0.4, 0.5) is 10.1 Å². The van der Waals surface area contributed by atoms with E-state index in [4.69, 9.17) is 0 Å². The molecule has 0 radical (unpaired) electrons. The number of halogens is 1. The maximum atomic E-state index is 13.5. The lowest BCUT2D eigenvalue weighted by Crippen LogP contribution is -2.55. The molecule has 1 saturated heterocycles. The molecule has 3 aromatic rings. The Labute approximate surface area is 245 Å². The molecule has 4 rings (SSSR count). The Morgan fingerprint density at radius 1 is 0.976 bits per heavy atom. The third-order valence-electron chi connectivity index (χ3n) is 7.75. The van der Waals surface area contributed by atoms with Gasteiger partial charge in [-0.2, -0.15) is 0 Å². The Morgan fingerprint density at radius 2 is 1.60 bits per heavy atom. The largest absolute Gasteiger partial charge is 0.393 e. The van der Waals surface area contributed by atoms with Gasteiger partial charge in [0.1, 0.15) is 11.4 Å². The van der Waals surface area contributed by atoms with E-state index < -0.39 is 46.7 Å². The summed E-state index contributed by atoms with van der Waals surface area (Å²) in [6.07, 6.45) is 2.20. The number of β-lactam (4-membered cyclic amide) rings is 1. The summed E-state index contributed by atoms with van der Waals surface area (Å²) in [6, 6.07) is 19.5. The van der Waals surface area contributed by atoms with E-state index >= 15 is 0 Å². The van der Waals surface area contributed by atoms with Crippen LogP contribution in [0.3, 0.4) is 0 Å². The normalized spacial score (nSPS) is 18.1. The number of rotatable bonds is 14. The van der Waals surface area contributed by atoms with Crippen LogP contribution in [0.2, 0.25) is 0 Å². The van der Waals surface area contributed by atoms with E-state index in [0.717, 1.165) is 17.4 Å². The highest BCUT2D eigenvalue weighted by Gasteiger charge is 2.48. The maximum Gasteiger partial charge on any atom is 0.233 e. The van der Waals surface area contributed by atoms with Crippen LogP contribution in [0.5, 0.6) is 0 Å². The third kappa shape index (κ3) is 7.41. The molecule has 0 saturated carbocycles. The number of aryl methyl sites for hydroxylation is 1. The molecule has 0 bridgehead atoms. The molecule has 0 aromatic heterocycles. The first-order valence-corrected chi connectivity index (χ1v) is 15.7. The lowest BCUT2D eigenvalue weighted by Gasteiger charge is -2.48. The van der Waals surface area contributed by atoms with Crippen LogP contribution in [-0.2, 0) is 26.8 Å². The van der Waals surface area contributed by atoms with E-state index in [0.29, 0.717) is 49.0 Å². The van der Waals surface area contributed by atoms with Crippen molar-refractivity contribution < 1.29 is 38.0 Å². The van der Waals surface area contributed by atoms with Gasteiger partial charge in [-0.15, -0.1) is 0 Å². The van der Waals surface area contributed by atoms with Crippen LogP contribution in [-0.4, -0.2) is 60.8 Å². The number of nitrogens with zero attached hydrogens (tertiary/aromatic N) is 1. The van der Waals surface area contributed by atoms with Crippen molar-refractivity contribution >= 4 is 21.6 Å². The Morgan fingerprint density at radius 3 is 2.17 bits per heavy atom. The van der Waals surface area contributed by atoms with Crippen molar-refractivity contribution in [1.29, 1.82) is 0 Å². The molecular weight excluding hydrogens is 563 g/mol. The molecule has 1 heterocycles. The van der Waals surface area contributed by atoms with Crippen LogP contribution in [0, 0.1) is 11.7 Å². The van der Waals surface area contributed by atoms with Gasteiger partial charge < -0.3 is 25.3 Å². The van der Waals surface area contributed by atoms with Crippen molar-refractivity contribution in [3.05, 3.63) is 101 Å². The Kier molecular flexibility index (Phi) is 10.1. The fourth-order valence-corrected chi connectivity index (χ4v) is 5.80. The molecule has 0 spiro atoms. The van der Waals surface area contributed by atoms with Gasteiger partial charge in [0.05, 0.1) is 37.5 Å². The third-order valence-corrected chi connectivity index (χ3v) is 8.48. The molecule has 11 heteroatoms. The predicted octanol–water partition coefficient (Wildman–Crippen LogP) is 2.70. The fourth-order valence-electron chi connectivity index (χ4n) is 5.28. The van der Waals surface area contributed by atoms with Crippen molar-refractivity contribution in [1.82, 2.24) is 4.72 Å². The minimum atomic E-state index is -3.24. The van der Waals surface area contributed by atoms with E-state index in [-0.39, 0.29) is 11.9 Å². The van der Waals surface area contributed by atoms with Crippen molar-refractivity contribution in [3.8, 4) is 0 Å². The van der Waals surface area contributed by atoms with Crippen molar-refractivity contribution in [2.24, 2.45) is 5.92 Å². The molecule has 9 nitrogen and oxygen atoms in total. The number of aliphatic hydroxyl groups excluding tert-OH is 3. The fraction of sp³-hybridized carbons (Fsp3) is 0.387. The molecule has 0 aliphatic carbocycles. The van der Waals surface area contributed by atoms with E-state index in [9.17, 15) is 38.0 Å². The van der Waals surface area contributed by atoms with Crippen LogP contribution in [0.15, 0.2) is 72.8 Å². The van der Waals surface area contributed by atoms with Crippen LogP contribution >= 0.6 is 0 Å². The SMILES string of the molecule is CS(=O)(=O)NCCCc1ccc(N2C(=O)[C@H](CC[C@H](O)c3ccc(F)cc3)[C@H]2c2ccc(C(O)(CO)CO)cc2)cc1. The lowest BCUT2D eigenvalue weighted by molar-refractivity contribution is -0.131. The van der Waals surface area contributed by atoms with Gasteiger partial charge in [0.25, 0.3) is 0 Å². The Bertz CT molecular complexity index is 1440. The van der Waals surface area contributed by atoms with Crippen molar-refractivity contribution in [2.45, 2.75) is 43.4 Å². The summed E-state index contributed by atoms with van der Waals surface area (Å²) in [5.74, 6) is -0.949. The van der Waals surface area contributed by atoms with Gasteiger partial charge in [-0.3, -0.25) is 4.79 Å². The second-order valence-electron chi connectivity index (χ2n) is 10.8. The quantitative estimate of drug-likeness (QED) is 0.141. The molecule has 1 fully saturated rings. The predicted molar refractivity (Wildman–Crippen MR) is 156 cm³/mol. The number of hydrogen-bond acceptors (Lipinski definition) is 7. The second-order valence-corrected chi connectivity index (χ2v) is 12.6. The molecule has 3 aromatic carbocycles. The highest BCUT2D eigenvalue weighted by Crippen LogP contribution is 2.46. The molecule has 0 unspecified atom stereocenters. The number of anilines is 1. The molecule has 1 aliphatic rings. The van der Waals surface area contributed by atoms with Gasteiger partial charge in [-0.1, -0.05) is 48.5 Å². The smallest absolute Gasteiger partial charge is 0.233 e. The summed E-state index contributed by atoms with van der Waals surface area (Å²) in [7, 11) is -3.24. The van der Waals surface area contributed by atoms with Crippen LogP contribution < -0.4 is 9.62 Å². The summed E-state index contributed by atoms with van der Waals surface area (Å²) in [6.45, 7) is -0.981. The molecule has 5 N–H and O–H groups in total. The number of nitrogens with one attached hydrogen (secondary N) is 1. The van der Waals surface area contributed by atoms with E-state index in [2.05, 4.69) is 4.72 Å². The second kappa shape index (κ2) is 13.4. The Hall–Kier alpha value is -3.19. The zero-order chi connectivity index (χ0) is 30.5. The summed E-state index contributed by atoms with van der Waals surface area (Å²) in [5, 5.41) is 40.3. The average Bonchev–Trinajstić information content (AvgIpc) is 2.98. The highest BCUT2D eigenvalue weighted by molar-refractivity contribution is 7.88. The number of aliphatic hydroxyl groups is 4. The zero-order valence-corrected chi connectivity index (χ0v) is 24.2. The van der Waals surface area contributed by atoms with Gasteiger partial charge in [-0.05, 0) is 72.2 Å². The molecule has 1 aliphatic heterocycles. The topological polar surface area (TPSA) is 147 Å². The zero-order valence-electron chi connectivity index (χ0n) is 23.4. The number of amides is 1. The van der Waals surface area contributed by atoms with Gasteiger partial charge in [0, 0.05) is 12.2 Å². The first-order valence-electron chi connectivity index (χ1n) is 13.8. The molecule has 3 atom stereocenters. The minimum Gasteiger partial charge on any atom is -0.393 e. The standard InChI is InChI=1S/C31H37FN2O7S/c1-42(40,41)33-18-2-3-21-4-14-26(15-5-21)34-29(23-6-10-24(11-7-23)31(39,19-35)20-36)27(30(34)38)16-17-28(37)22-8-12-25(32)13-9-22/h4-15,27-29,33,35-37,39H,2-3,16-20H2,1H3/t27-,28+,29-/m1/s1. The molecule has 1 amide bonds. The number of carbonyl (C=O) groups excluding carboxylic acids is 1. The molecule has 226 valence electrons. The first kappa shape index (κ1) is 31.7. The van der Waals surface area contributed by atoms with Crippen molar-refractivity contribution in [3.63, 3.8) is 0 Å². The monoisotopic (exact) mass is 600 g/mol. The van der Waals surface area contributed by atoms with Crippen LogP contribution in [0.25, 0.3) is 0 Å². The molecule has 42 heavy (non-hydrogen) atoms.